The molecule has 0 fully saturated rings. The van der Waals surface area contributed by atoms with Crippen LogP contribution < -0.4 is 0 Å². The molecule has 20 heavy (non-hydrogen) atoms. The van der Waals surface area contributed by atoms with Gasteiger partial charge in [0.1, 0.15) is 0 Å². The minimum Gasteiger partial charge on any atom is -0.273 e. The zero-order valence-corrected chi connectivity index (χ0v) is 13.0. The molecule has 0 spiro atoms. The molecule has 0 saturated carbocycles. The maximum atomic E-state index is 8.95. The Labute approximate surface area is 124 Å². The van der Waals surface area contributed by atoms with Crippen LogP contribution in [0.2, 0.25) is 0 Å². The van der Waals surface area contributed by atoms with Gasteiger partial charge in [0.2, 0.25) is 0 Å². The van der Waals surface area contributed by atoms with Crippen molar-refractivity contribution in [3.8, 4) is 0 Å². The minimum absolute atomic E-state index is 1.22. The van der Waals surface area contributed by atoms with Crippen molar-refractivity contribution < 1.29 is 13.0 Å². The molecule has 0 saturated heterocycles. The lowest BCUT2D eigenvalue weighted by Crippen LogP contribution is -1.87. The molecule has 0 aromatic heterocycles. The maximum Gasteiger partial charge on any atom is 0.353 e. The summed E-state index contributed by atoms with van der Waals surface area (Å²) >= 11 is 0. The fourth-order valence-electron chi connectivity index (χ4n) is 2.08. The molecule has 0 heterocycles. The highest BCUT2D eigenvalue weighted by atomic mass is 35.7. The molecule has 0 atom stereocenters. The Morgan fingerprint density at radius 1 is 1.05 bits per heavy atom. The van der Waals surface area contributed by atoms with E-state index in [1.54, 1.807) is 0 Å². The van der Waals surface area contributed by atoms with Gasteiger partial charge < -0.3 is 0 Å². The number of hydrogen-bond donors (Lipinski definition) is 1. The largest absolute Gasteiger partial charge is 0.353 e. The van der Waals surface area contributed by atoms with Crippen molar-refractivity contribution in [2.75, 3.05) is 0 Å². The summed E-state index contributed by atoms with van der Waals surface area (Å²) in [5.41, 5.74) is 1.50. The van der Waals surface area contributed by atoms with E-state index in [9.17, 15) is 0 Å². The molecule has 2 rings (SSSR count). The van der Waals surface area contributed by atoms with E-state index in [2.05, 4.69) is 60.1 Å². The predicted molar refractivity (Wildman–Crippen MR) is 84.6 cm³/mol. The first kappa shape index (κ1) is 17.0. The lowest BCUT2D eigenvalue weighted by molar-refractivity contribution is 0.501. The van der Waals surface area contributed by atoms with Crippen molar-refractivity contribution in [2.45, 2.75) is 32.6 Å². The number of hydrogen-bond acceptors (Lipinski definition) is 2. The summed E-state index contributed by atoms with van der Waals surface area (Å²) in [6.45, 7) is 2.25. The molecule has 0 amide bonds. The molecule has 0 aliphatic heterocycles. The van der Waals surface area contributed by atoms with Crippen LogP contribution in [0.5, 0.6) is 0 Å². The summed E-state index contributed by atoms with van der Waals surface area (Å²) in [5.74, 6) is 0. The number of rotatable bonds is 4. The number of fused-ring (bicyclic) bond motifs is 1. The Bertz CT molecular complexity index is 625. The van der Waals surface area contributed by atoms with Gasteiger partial charge in [-0.05, 0) is 29.2 Å². The van der Waals surface area contributed by atoms with Crippen LogP contribution in [0, 0.1) is 0 Å². The topological polar surface area (TPSA) is 54.4 Å². The van der Waals surface area contributed by atoms with Gasteiger partial charge in [0, 0.05) is 10.7 Å². The summed E-state index contributed by atoms with van der Waals surface area (Å²) in [5, 5.41) is 2.79. The van der Waals surface area contributed by atoms with E-state index in [-0.39, 0.29) is 0 Å². The summed E-state index contributed by atoms with van der Waals surface area (Å²) in [4.78, 5) is 0. The average Bonchev–Trinajstić information content (AvgIpc) is 2.37. The van der Waals surface area contributed by atoms with Crippen LogP contribution in [0.1, 0.15) is 31.7 Å². The third kappa shape index (κ3) is 6.89. The highest BCUT2D eigenvalue weighted by Crippen LogP contribution is 2.20. The quantitative estimate of drug-likeness (QED) is 0.509. The van der Waals surface area contributed by atoms with Crippen LogP contribution in [0.3, 0.4) is 0 Å². The van der Waals surface area contributed by atoms with E-state index >= 15 is 0 Å². The monoisotopic (exact) mass is 314 g/mol. The highest BCUT2D eigenvalue weighted by Gasteiger charge is 1.99. The second-order valence-corrected chi connectivity index (χ2v) is 6.50. The van der Waals surface area contributed by atoms with Gasteiger partial charge in [0.15, 0.2) is 0 Å². The number of benzene rings is 2. The van der Waals surface area contributed by atoms with Crippen molar-refractivity contribution in [2.24, 2.45) is 0 Å². The van der Waals surface area contributed by atoms with E-state index in [4.69, 9.17) is 13.0 Å². The molecule has 5 heteroatoms. The Hall–Kier alpha value is -1.10. The van der Waals surface area contributed by atoms with Crippen LogP contribution in [0.4, 0.5) is 0 Å². The Morgan fingerprint density at radius 3 is 2.30 bits per heavy atom. The van der Waals surface area contributed by atoms with Gasteiger partial charge >= 0.3 is 9.33 Å². The van der Waals surface area contributed by atoms with Crippen LogP contribution >= 0.6 is 10.7 Å². The second-order valence-electron chi connectivity index (χ2n) is 4.51. The third-order valence-corrected chi connectivity index (χ3v) is 2.93. The molecular weight excluding hydrogens is 296 g/mol. The summed E-state index contributed by atoms with van der Waals surface area (Å²) < 4.78 is 25.2. The fraction of sp³-hybridized carbons (Fsp3) is 0.333. The molecule has 0 unspecified atom stereocenters. The van der Waals surface area contributed by atoms with Crippen LogP contribution in [-0.4, -0.2) is 13.0 Å². The van der Waals surface area contributed by atoms with Crippen molar-refractivity contribution in [3.05, 3.63) is 48.0 Å². The van der Waals surface area contributed by atoms with Crippen LogP contribution in [-0.2, 0) is 15.8 Å². The number of unbranched alkanes of at least 4 members (excludes halogenated alkanes) is 2. The highest BCUT2D eigenvalue weighted by molar-refractivity contribution is 8.09. The van der Waals surface area contributed by atoms with Crippen LogP contribution in [0.25, 0.3) is 10.8 Å². The van der Waals surface area contributed by atoms with Gasteiger partial charge in [-0.25, -0.2) is 0 Å². The molecule has 0 radical (unpaired) electrons. The van der Waals surface area contributed by atoms with Gasteiger partial charge in [0.05, 0.1) is 0 Å². The Morgan fingerprint density at radius 2 is 1.65 bits per heavy atom. The van der Waals surface area contributed by atoms with E-state index in [1.165, 1.54) is 42.0 Å². The molecule has 1 N–H and O–H groups in total. The maximum absolute atomic E-state index is 8.95. The van der Waals surface area contributed by atoms with E-state index in [0.717, 1.165) is 0 Å². The van der Waals surface area contributed by atoms with E-state index < -0.39 is 9.33 Å². The minimum atomic E-state index is -4.19. The summed E-state index contributed by atoms with van der Waals surface area (Å²) in [6.07, 6.45) is 5.16. The van der Waals surface area contributed by atoms with E-state index in [0.29, 0.717) is 0 Å². The molecule has 3 nitrogen and oxygen atoms in total. The van der Waals surface area contributed by atoms with Crippen molar-refractivity contribution in [1.82, 2.24) is 0 Å². The smallest absolute Gasteiger partial charge is 0.273 e. The molecule has 0 aliphatic carbocycles. The summed E-state index contributed by atoms with van der Waals surface area (Å²) in [6, 6.07) is 15.3. The SMILES string of the molecule is CCCCCc1cccc2ccccc12.O=S(=O)(O)Cl. The zero-order chi connectivity index (χ0) is 15.0. The Kier molecular flexibility index (Phi) is 6.99. The first-order valence-corrected chi connectivity index (χ1v) is 8.82. The van der Waals surface area contributed by atoms with Crippen molar-refractivity contribution in [3.63, 3.8) is 0 Å². The van der Waals surface area contributed by atoms with Crippen molar-refractivity contribution in [1.29, 1.82) is 0 Å². The number of aryl methyl sites for hydroxylation is 1. The lowest BCUT2D eigenvalue weighted by atomic mass is 10.00. The molecule has 110 valence electrons. The van der Waals surface area contributed by atoms with Gasteiger partial charge in [0.25, 0.3) is 0 Å². The molecular formula is C15H19ClO3S. The average molecular weight is 315 g/mol. The zero-order valence-electron chi connectivity index (χ0n) is 11.4. The molecule has 2 aromatic rings. The predicted octanol–water partition coefficient (Wildman–Crippen LogP) is 4.60. The Balaban J connectivity index is 0.000000347. The lowest BCUT2D eigenvalue weighted by Gasteiger charge is -2.05. The van der Waals surface area contributed by atoms with Crippen molar-refractivity contribution >= 4 is 30.8 Å². The van der Waals surface area contributed by atoms with Gasteiger partial charge in [-0.1, -0.05) is 62.2 Å². The normalized spacial score (nSPS) is 10.9. The fourth-order valence-corrected chi connectivity index (χ4v) is 2.08. The molecule has 0 bridgehead atoms. The molecule has 0 aliphatic rings. The second kappa shape index (κ2) is 8.25. The van der Waals surface area contributed by atoms with Gasteiger partial charge in [-0.15, -0.1) is 0 Å². The van der Waals surface area contributed by atoms with E-state index in [1.807, 2.05) is 0 Å². The van der Waals surface area contributed by atoms with Gasteiger partial charge in [-0.2, -0.15) is 8.42 Å². The third-order valence-electron chi connectivity index (χ3n) is 2.93. The summed E-state index contributed by atoms with van der Waals surface area (Å²) in [7, 11) is -0.137. The first-order valence-electron chi connectivity index (χ1n) is 6.55. The first-order chi connectivity index (χ1) is 9.42. The molecule has 2 aromatic carbocycles. The van der Waals surface area contributed by atoms with Gasteiger partial charge in [-0.3, -0.25) is 4.55 Å². The van der Waals surface area contributed by atoms with Crippen LogP contribution in [0.15, 0.2) is 42.5 Å². The standard InChI is InChI=1S/C15H18.ClHO3S/c1-2-3-4-8-13-10-7-11-14-9-5-6-12-15(13)14;1-5(2,3)4/h5-7,9-12H,2-4,8H2,1H3;(H,2,3,4). The number of halogens is 1.